The van der Waals surface area contributed by atoms with Crippen LogP contribution in [-0.4, -0.2) is 0 Å². The van der Waals surface area contributed by atoms with Gasteiger partial charge in [0.2, 0.25) is 0 Å². The molecule has 0 atom stereocenters. The Labute approximate surface area is 77.2 Å². The van der Waals surface area contributed by atoms with Crippen LogP contribution in [0.2, 0.25) is 0 Å². The average molecular weight is 166 g/mol. The fourth-order valence-corrected chi connectivity index (χ4v) is 2.03. The number of fused-ring (bicyclic) bond motifs is 3. The molecule has 0 spiro atoms. The van der Waals surface area contributed by atoms with E-state index in [0.29, 0.717) is 0 Å². The van der Waals surface area contributed by atoms with Crippen LogP contribution in [0, 0.1) is 0 Å². The first-order chi connectivity index (χ1) is 6.45. The number of hydrogen-bond acceptors (Lipinski definition) is 0. The van der Waals surface area contributed by atoms with E-state index in [9.17, 15) is 0 Å². The molecule has 0 fully saturated rings. The van der Waals surface area contributed by atoms with Gasteiger partial charge in [-0.15, -0.1) is 0 Å². The van der Waals surface area contributed by atoms with E-state index in [0.717, 1.165) is 6.42 Å². The zero-order chi connectivity index (χ0) is 8.67. The fourth-order valence-electron chi connectivity index (χ4n) is 2.03. The van der Waals surface area contributed by atoms with Crippen molar-refractivity contribution in [3.05, 3.63) is 51.9 Å². The Bertz CT molecular complexity index is 528. The highest BCUT2D eigenvalue weighted by atomic mass is 14.1. The van der Waals surface area contributed by atoms with Gasteiger partial charge in [-0.25, -0.2) is 0 Å². The largest absolute Gasteiger partial charge is 0.0801 e. The maximum Gasteiger partial charge on any atom is -0.00822 e. The summed E-state index contributed by atoms with van der Waals surface area (Å²) >= 11 is 0. The van der Waals surface area contributed by atoms with E-state index in [1.54, 1.807) is 0 Å². The van der Waals surface area contributed by atoms with Crippen LogP contribution in [0.1, 0.15) is 11.1 Å². The van der Waals surface area contributed by atoms with Crippen molar-refractivity contribution in [2.75, 3.05) is 0 Å². The third-order valence-corrected chi connectivity index (χ3v) is 2.70. The molecule has 0 nitrogen and oxygen atoms in total. The van der Waals surface area contributed by atoms with E-state index in [2.05, 4.69) is 48.6 Å². The van der Waals surface area contributed by atoms with Gasteiger partial charge in [-0.2, -0.15) is 0 Å². The molecule has 1 aromatic rings. The van der Waals surface area contributed by atoms with Crippen LogP contribution >= 0.6 is 0 Å². The van der Waals surface area contributed by atoms with E-state index < -0.39 is 0 Å². The van der Waals surface area contributed by atoms with Gasteiger partial charge in [0.25, 0.3) is 0 Å². The number of benzene rings is 1. The Kier molecular flexibility index (Phi) is 1.31. The van der Waals surface area contributed by atoms with Gasteiger partial charge in [0.1, 0.15) is 0 Å². The van der Waals surface area contributed by atoms with Gasteiger partial charge in [0.05, 0.1) is 0 Å². The second-order valence-corrected chi connectivity index (χ2v) is 3.46. The Balaban J connectivity index is 2.47. The van der Waals surface area contributed by atoms with Crippen LogP contribution in [0.15, 0.2) is 30.4 Å². The Morgan fingerprint density at radius 3 is 2.77 bits per heavy atom. The lowest BCUT2D eigenvalue weighted by Crippen LogP contribution is -2.19. The summed E-state index contributed by atoms with van der Waals surface area (Å²) < 4.78 is 0. The van der Waals surface area contributed by atoms with Gasteiger partial charge in [-0.05, 0) is 28.0 Å². The van der Waals surface area contributed by atoms with Crippen LogP contribution < -0.4 is 10.4 Å². The molecule has 0 bridgehead atoms. The van der Waals surface area contributed by atoms with E-state index >= 15 is 0 Å². The van der Waals surface area contributed by atoms with Crippen molar-refractivity contribution in [3.8, 4) is 0 Å². The van der Waals surface area contributed by atoms with Gasteiger partial charge >= 0.3 is 0 Å². The smallest absolute Gasteiger partial charge is 0.00822 e. The zero-order valence-corrected chi connectivity index (χ0v) is 7.33. The van der Waals surface area contributed by atoms with E-state index in [-0.39, 0.29) is 0 Å². The summed E-state index contributed by atoms with van der Waals surface area (Å²) in [6.45, 7) is 0. The Hall–Kier alpha value is -1.56. The molecule has 2 aliphatic carbocycles. The molecule has 2 aliphatic rings. The molecule has 0 heterocycles. The molecule has 13 heavy (non-hydrogen) atoms. The molecule has 0 aromatic heterocycles. The highest BCUT2D eigenvalue weighted by Gasteiger charge is 2.05. The van der Waals surface area contributed by atoms with Crippen LogP contribution in [0.25, 0.3) is 18.2 Å². The molecular formula is C13H10. The standard InChI is InChI=1S/C13H10/c1-2-6-12-10(4-1)8-9-11-5-3-7-13(11)12/h1-5,7-9H,6H2. The Morgan fingerprint density at radius 1 is 0.923 bits per heavy atom. The summed E-state index contributed by atoms with van der Waals surface area (Å²) in [6, 6.07) is 4.41. The predicted octanol–water partition coefficient (Wildman–Crippen LogP) is 1.39. The van der Waals surface area contributed by atoms with E-state index in [1.807, 2.05) is 0 Å². The maximum atomic E-state index is 2.22. The minimum absolute atomic E-state index is 1.08. The van der Waals surface area contributed by atoms with Crippen LogP contribution in [0.5, 0.6) is 0 Å². The van der Waals surface area contributed by atoms with Crippen molar-refractivity contribution in [1.82, 2.24) is 0 Å². The van der Waals surface area contributed by atoms with Crippen molar-refractivity contribution in [2.24, 2.45) is 0 Å². The van der Waals surface area contributed by atoms with Gasteiger partial charge in [-0.3, -0.25) is 0 Å². The first kappa shape index (κ1) is 6.90. The minimum Gasteiger partial charge on any atom is -0.0801 e. The van der Waals surface area contributed by atoms with Crippen molar-refractivity contribution >= 4 is 18.2 Å². The average Bonchev–Trinajstić information content (AvgIpc) is 2.65. The third kappa shape index (κ3) is 0.919. The van der Waals surface area contributed by atoms with Gasteiger partial charge < -0.3 is 0 Å². The molecule has 0 amide bonds. The SMILES string of the molecule is C1=CCc2c3c(ccc2=C1)=CC=C3. The van der Waals surface area contributed by atoms with E-state index in [1.165, 1.54) is 21.6 Å². The van der Waals surface area contributed by atoms with Gasteiger partial charge in [0.15, 0.2) is 0 Å². The lowest BCUT2D eigenvalue weighted by Gasteiger charge is -2.06. The van der Waals surface area contributed by atoms with Crippen molar-refractivity contribution in [3.63, 3.8) is 0 Å². The molecule has 0 radical (unpaired) electrons. The molecule has 0 unspecified atom stereocenters. The van der Waals surface area contributed by atoms with Gasteiger partial charge in [0, 0.05) is 0 Å². The lowest BCUT2D eigenvalue weighted by molar-refractivity contribution is 1.21. The topological polar surface area (TPSA) is 0 Å². The second-order valence-electron chi connectivity index (χ2n) is 3.46. The number of rotatable bonds is 0. The van der Waals surface area contributed by atoms with E-state index in [4.69, 9.17) is 0 Å². The van der Waals surface area contributed by atoms with Crippen LogP contribution in [0.4, 0.5) is 0 Å². The summed E-state index contributed by atoms with van der Waals surface area (Å²) in [5.41, 5.74) is 2.89. The molecule has 3 rings (SSSR count). The highest BCUT2D eigenvalue weighted by molar-refractivity contribution is 5.70. The molecule has 0 N–H and O–H groups in total. The molecule has 0 saturated carbocycles. The summed E-state index contributed by atoms with van der Waals surface area (Å²) in [6.07, 6.45) is 14.1. The van der Waals surface area contributed by atoms with Crippen LogP contribution in [-0.2, 0) is 6.42 Å². The first-order valence-electron chi connectivity index (χ1n) is 4.62. The lowest BCUT2D eigenvalue weighted by atomic mass is 9.98. The molecular weight excluding hydrogens is 156 g/mol. The molecule has 1 aromatic carbocycles. The third-order valence-electron chi connectivity index (χ3n) is 2.70. The van der Waals surface area contributed by atoms with Crippen molar-refractivity contribution in [1.29, 1.82) is 0 Å². The highest BCUT2D eigenvalue weighted by Crippen LogP contribution is 2.09. The molecule has 0 heteroatoms. The van der Waals surface area contributed by atoms with Gasteiger partial charge in [-0.1, -0.05) is 48.6 Å². The fraction of sp³-hybridized carbons (Fsp3) is 0.0769. The summed E-state index contributed by atoms with van der Waals surface area (Å²) in [5.74, 6) is 0. The quantitative estimate of drug-likeness (QED) is 0.546. The summed E-state index contributed by atoms with van der Waals surface area (Å²) in [7, 11) is 0. The zero-order valence-electron chi connectivity index (χ0n) is 7.33. The molecule has 0 saturated heterocycles. The predicted molar refractivity (Wildman–Crippen MR) is 56.5 cm³/mol. The Morgan fingerprint density at radius 2 is 1.77 bits per heavy atom. The number of allylic oxidation sites excluding steroid dienone is 3. The van der Waals surface area contributed by atoms with Crippen molar-refractivity contribution < 1.29 is 0 Å². The molecule has 62 valence electrons. The van der Waals surface area contributed by atoms with Crippen molar-refractivity contribution in [2.45, 2.75) is 6.42 Å². The summed E-state index contributed by atoms with van der Waals surface area (Å²) in [4.78, 5) is 0. The second kappa shape index (κ2) is 2.46. The molecule has 0 aliphatic heterocycles. The van der Waals surface area contributed by atoms with Crippen LogP contribution in [0.3, 0.4) is 0 Å². The minimum atomic E-state index is 1.08. The number of hydrogen-bond donors (Lipinski definition) is 0. The monoisotopic (exact) mass is 166 g/mol. The first-order valence-corrected chi connectivity index (χ1v) is 4.62. The summed E-state index contributed by atoms with van der Waals surface area (Å²) in [5, 5.41) is 2.74. The maximum absolute atomic E-state index is 2.22. The normalized spacial score (nSPS) is 16.0.